The highest BCUT2D eigenvalue weighted by Crippen LogP contribution is 2.55. The Labute approximate surface area is 233 Å². The van der Waals surface area contributed by atoms with Gasteiger partial charge in [-0.3, -0.25) is 24.2 Å². The fourth-order valence-corrected chi connectivity index (χ4v) is 7.30. The van der Waals surface area contributed by atoms with E-state index in [9.17, 15) is 48.0 Å². The van der Waals surface area contributed by atoms with E-state index in [1.165, 1.54) is 0 Å². The lowest BCUT2D eigenvalue weighted by molar-refractivity contribution is -0.149. The van der Waals surface area contributed by atoms with E-state index in [0.717, 1.165) is 6.07 Å². The minimum atomic E-state index is -4.87. The molecular formula is C28H32F3N3O7. The summed E-state index contributed by atoms with van der Waals surface area (Å²) >= 11 is 0. The molecule has 0 spiro atoms. The van der Waals surface area contributed by atoms with Crippen molar-refractivity contribution in [3.05, 3.63) is 51.0 Å². The number of phenolic OH excluding ortho intramolecular Hbond substituents is 1. The second-order valence-electron chi connectivity index (χ2n) is 11.2. The van der Waals surface area contributed by atoms with Gasteiger partial charge >= 0.3 is 6.18 Å². The van der Waals surface area contributed by atoms with Gasteiger partial charge in [-0.15, -0.1) is 0 Å². The van der Waals surface area contributed by atoms with Gasteiger partial charge in [0, 0.05) is 24.1 Å². The second kappa shape index (κ2) is 9.57. The number of phenols is 1. The number of ketones is 2. The number of aliphatic hydroxyl groups is 3. The minimum Gasteiger partial charge on any atom is -0.510 e. The summed E-state index contributed by atoms with van der Waals surface area (Å²) < 4.78 is 43.8. The number of allylic oxidation sites excluding steroid dienone is 1. The number of carbonyl (C=O) groups excluding carboxylic acids is 3. The van der Waals surface area contributed by atoms with Crippen LogP contribution in [0.4, 0.5) is 13.2 Å². The first-order valence-electron chi connectivity index (χ1n) is 13.5. The van der Waals surface area contributed by atoms with Crippen LogP contribution in [0.15, 0.2) is 28.7 Å². The molecule has 1 aromatic rings. The number of aromatic hydroxyl groups is 1. The van der Waals surface area contributed by atoms with Crippen LogP contribution in [0.5, 0.6) is 5.75 Å². The maximum Gasteiger partial charge on any atom is 0.417 e. The molecule has 0 saturated carbocycles. The number of primary amides is 1. The van der Waals surface area contributed by atoms with Crippen molar-refractivity contribution in [3.63, 3.8) is 0 Å². The number of likely N-dealkylation sites (tertiary alicyclic amines) is 1. The number of hydrogen-bond acceptors (Lipinski definition) is 9. The number of amides is 1. The zero-order chi connectivity index (χ0) is 30.3. The molecule has 13 heteroatoms. The molecule has 222 valence electrons. The molecular weight excluding hydrogens is 547 g/mol. The van der Waals surface area contributed by atoms with Crippen LogP contribution >= 0.6 is 0 Å². The Balaban J connectivity index is 1.75. The first kappa shape index (κ1) is 29.1. The molecule has 5 atom stereocenters. The summed E-state index contributed by atoms with van der Waals surface area (Å²) in [4.78, 5) is 42.8. The zero-order valence-electron chi connectivity index (χ0n) is 22.7. The molecule has 5 rings (SSSR count). The van der Waals surface area contributed by atoms with Crippen molar-refractivity contribution < 1.29 is 48.0 Å². The highest BCUT2D eigenvalue weighted by Gasteiger charge is 2.64. The number of aliphatic hydroxyl groups excluding tert-OH is 2. The van der Waals surface area contributed by atoms with E-state index in [1.54, 1.807) is 30.7 Å². The third kappa shape index (κ3) is 3.92. The van der Waals surface area contributed by atoms with Gasteiger partial charge in [-0.2, -0.15) is 13.2 Å². The lowest BCUT2D eigenvalue weighted by Crippen LogP contribution is -2.64. The molecule has 1 saturated heterocycles. The van der Waals surface area contributed by atoms with Crippen molar-refractivity contribution in [2.45, 2.75) is 57.0 Å². The first-order chi connectivity index (χ1) is 19.1. The van der Waals surface area contributed by atoms with E-state index >= 15 is 0 Å². The van der Waals surface area contributed by atoms with E-state index < -0.39 is 105 Å². The minimum absolute atomic E-state index is 0.153. The van der Waals surface area contributed by atoms with Crippen LogP contribution in [0.25, 0.3) is 0 Å². The first-order valence-corrected chi connectivity index (χ1v) is 13.5. The predicted molar refractivity (Wildman–Crippen MR) is 138 cm³/mol. The molecule has 1 aromatic carbocycles. The van der Waals surface area contributed by atoms with Crippen LogP contribution in [0.1, 0.15) is 59.8 Å². The van der Waals surface area contributed by atoms with Gasteiger partial charge in [0.05, 0.1) is 17.2 Å². The van der Waals surface area contributed by atoms with Crippen LogP contribution in [0.3, 0.4) is 0 Å². The number of alkyl halides is 3. The number of likely N-dealkylation sites (N-methyl/N-ethyl adjacent to an activating group) is 1. The van der Waals surface area contributed by atoms with Crippen molar-refractivity contribution in [2.75, 3.05) is 26.7 Å². The molecule has 0 bridgehead atoms. The van der Waals surface area contributed by atoms with Gasteiger partial charge in [0.25, 0.3) is 5.91 Å². The predicted octanol–water partition coefficient (Wildman–Crippen LogP) is 2.30. The maximum atomic E-state index is 14.6. The third-order valence-corrected chi connectivity index (χ3v) is 9.33. The number of hydrogen-bond donors (Lipinski definition) is 5. The summed E-state index contributed by atoms with van der Waals surface area (Å²) in [5.41, 5.74) is -1.17. The average Bonchev–Trinajstić information content (AvgIpc) is 2.86. The Hall–Kier alpha value is -3.42. The standard InChI is InChI=1S/C28H32F3N3O7/c1-4-34(5-2)21-14-9-11-8-13-18(16(35)10-12(15-6-7-33(15)3)20(13)28(29,30)31)22(36)17(11)24(38)27(14,41)25(39)19(23(21)37)26(32)40/h10-11,14-15,21,35,37-38,41H,4-9H2,1-3H3,(H2,32,40)/t11-,14-,15?,21-,27-/m0/s1. The molecule has 1 fully saturated rings. The van der Waals surface area contributed by atoms with Gasteiger partial charge in [0.2, 0.25) is 5.78 Å². The highest BCUT2D eigenvalue weighted by molar-refractivity contribution is 6.24. The summed E-state index contributed by atoms with van der Waals surface area (Å²) in [5, 5.41) is 45.1. The van der Waals surface area contributed by atoms with E-state index in [0.29, 0.717) is 13.0 Å². The SMILES string of the molecule is CCN(CC)[C@@H]1C(O)=C(C(N)=O)C(=O)[C@@]2(O)C(O)=C3C(=O)c4c(O)cc(C5CCN5C)c(C(F)(F)F)c4C[C@H]3C[C@@H]12. The molecule has 41 heavy (non-hydrogen) atoms. The molecule has 0 radical (unpaired) electrons. The van der Waals surface area contributed by atoms with Crippen LogP contribution in [-0.2, 0) is 22.2 Å². The van der Waals surface area contributed by atoms with Crippen molar-refractivity contribution in [1.82, 2.24) is 9.80 Å². The second-order valence-corrected chi connectivity index (χ2v) is 11.2. The number of benzene rings is 1. The highest BCUT2D eigenvalue weighted by atomic mass is 19.4. The largest absolute Gasteiger partial charge is 0.510 e. The van der Waals surface area contributed by atoms with Crippen LogP contribution < -0.4 is 5.73 Å². The monoisotopic (exact) mass is 579 g/mol. The molecule has 1 amide bonds. The quantitative estimate of drug-likeness (QED) is 0.329. The van der Waals surface area contributed by atoms with Crippen molar-refractivity contribution in [3.8, 4) is 5.75 Å². The zero-order valence-corrected chi connectivity index (χ0v) is 22.7. The fourth-order valence-electron chi connectivity index (χ4n) is 7.30. The Kier molecular flexibility index (Phi) is 6.79. The van der Waals surface area contributed by atoms with Crippen LogP contribution in [0.2, 0.25) is 0 Å². The summed E-state index contributed by atoms with van der Waals surface area (Å²) in [6.07, 6.45) is -5.15. The van der Waals surface area contributed by atoms with Crippen LogP contribution in [-0.4, -0.2) is 86.0 Å². The van der Waals surface area contributed by atoms with Gasteiger partial charge in [-0.05, 0) is 62.5 Å². The van der Waals surface area contributed by atoms with Gasteiger partial charge < -0.3 is 26.2 Å². The van der Waals surface area contributed by atoms with E-state index in [-0.39, 0.29) is 25.1 Å². The van der Waals surface area contributed by atoms with E-state index in [2.05, 4.69) is 0 Å². The number of carbonyl (C=O) groups is 3. The summed E-state index contributed by atoms with van der Waals surface area (Å²) in [7, 11) is 1.66. The van der Waals surface area contributed by atoms with E-state index in [4.69, 9.17) is 5.73 Å². The topological polar surface area (TPSA) is 165 Å². The molecule has 1 heterocycles. The molecule has 3 aliphatic carbocycles. The number of fused-ring (bicyclic) bond motifs is 3. The summed E-state index contributed by atoms with van der Waals surface area (Å²) in [6.45, 7) is 4.54. The Morgan fingerprint density at radius 3 is 2.32 bits per heavy atom. The average molecular weight is 580 g/mol. The Morgan fingerprint density at radius 1 is 1.20 bits per heavy atom. The summed E-state index contributed by atoms with van der Waals surface area (Å²) in [5.74, 6) is -8.84. The summed E-state index contributed by atoms with van der Waals surface area (Å²) in [6, 6.07) is -0.898. The van der Waals surface area contributed by atoms with Gasteiger partial charge in [0.1, 0.15) is 22.8 Å². The number of halogens is 3. The normalized spacial score (nSPS) is 30.2. The molecule has 0 aromatic heterocycles. The van der Waals surface area contributed by atoms with Gasteiger partial charge in [-0.25, -0.2) is 0 Å². The van der Waals surface area contributed by atoms with Gasteiger partial charge in [0.15, 0.2) is 11.4 Å². The number of Topliss-reactive ketones (excluding diaryl/α,β-unsaturated/α-hetero) is 2. The molecule has 1 unspecified atom stereocenters. The number of nitrogens with two attached hydrogens (primary N) is 1. The number of rotatable bonds is 5. The number of nitrogens with zero attached hydrogens (tertiary/aromatic N) is 2. The lowest BCUT2D eigenvalue weighted by Gasteiger charge is -2.51. The maximum absolute atomic E-state index is 14.6. The fraction of sp³-hybridized carbons (Fsp3) is 0.536. The van der Waals surface area contributed by atoms with Gasteiger partial charge in [-0.1, -0.05) is 13.8 Å². The Bertz CT molecular complexity index is 1430. The molecule has 1 aliphatic heterocycles. The molecule has 6 N–H and O–H groups in total. The van der Waals surface area contributed by atoms with Crippen molar-refractivity contribution in [1.29, 1.82) is 0 Å². The molecule has 10 nitrogen and oxygen atoms in total. The molecule has 4 aliphatic rings. The third-order valence-electron chi connectivity index (χ3n) is 9.33. The smallest absolute Gasteiger partial charge is 0.417 e. The van der Waals surface area contributed by atoms with Crippen molar-refractivity contribution in [2.24, 2.45) is 17.6 Å². The lowest BCUT2D eigenvalue weighted by atomic mass is 9.58. The van der Waals surface area contributed by atoms with Crippen LogP contribution in [0, 0.1) is 11.8 Å². The van der Waals surface area contributed by atoms with E-state index in [1.807, 2.05) is 0 Å². The Morgan fingerprint density at radius 2 is 1.83 bits per heavy atom. The van der Waals surface area contributed by atoms with Crippen molar-refractivity contribution >= 4 is 17.5 Å².